The first kappa shape index (κ1) is 68.6. The Hall–Kier alpha value is -4.67. The van der Waals surface area contributed by atoms with Gasteiger partial charge in [0.05, 0.1) is 26.4 Å². The van der Waals surface area contributed by atoms with Crippen molar-refractivity contribution in [3.05, 3.63) is 70.2 Å². The van der Waals surface area contributed by atoms with E-state index in [2.05, 4.69) is 53.1 Å². The third kappa shape index (κ3) is 33.0. The van der Waals surface area contributed by atoms with Crippen LogP contribution in [0.4, 0.5) is 5.82 Å². The molecule has 2 atom stereocenters. The summed E-state index contributed by atoms with van der Waals surface area (Å²) in [5.74, 6) is -0.913. The first-order valence-electron chi connectivity index (χ1n) is 30.2. The molecule has 79 heavy (non-hydrogen) atoms. The molecule has 0 aliphatic heterocycles. The number of anilines is 1. The maximum Gasteiger partial charge on any atom is 0.472 e. The van der Waals surface area contributed by atoms with Gasteiger partial charge < -0.3 is 34.6 Å². The van der Waals surface area contributed by atoms with E-state index in [4.69, 9.17) is 33.7 Å². The zero-order valence-electron chi connectivity index (χ0n) is 48.6. The molecule has 0 saturated carbocycles. The van der Waals surface area contributed by atoms with Crippen molar-refractivity contribution >= 4 is 42.5 Å². The van der Waals surface area contributed by atoms with Gasteiger partial charge in [0.15, 0.2) is 23.4 Å². The summed E-state index contributed by atoms with van der Waals surface area (Å²) in [4.78, 5) is 73.2. The molecule has 0 aliphatic carbocycles. The van der Waals surface area contributed by atoms with E-state index >= 15 is 0 Å². The van der Waals surface area contributed by atoms with E-state index < -0.39 is 38.2 Å². The van der Waals surface area contributed by atoms with Crippen molar-refractivity contribution in [2.75, 3.05) is 45.9 Å². The summed E-state index contributed by atoms with van der Waals surface area (Å²) >= 11 is 0. The second kappa shape index (κ2) is 44.0. The standard InChI is InChI=1S/C61H100N5O12P/c1-4-6-8-10-12-14-16-18-20-22-23-25-27-29-31-35-39-55(68)75-49-53(78-56(69)40-36-32-30-28-26-24-21-19-17-15-13-11-9-7-5-2)50-77-79(71,72)76-45-37-33-34-38-54(67)52-43-41-51(42-44-52)48-66-59-57(63-61(66)70)58(62)64-60(65-59)74-47-46-73-3/h19-22,41-44,53H,4-18,23-40,45-50H2,1-3H3,(H,63,70)(H,71,72)(H2,62,64,65). The van der Waals surface area contributed by atoms with Crippen LogP contribution in [0.3, 0.4) is 0 Å². The number of benzene rings is 1. The Morgan fingerprint density at radius 2 is 1.14 bits per heavy atom. The number of hydrogen-bond acceptors (Lipinski definition) is 14. The van der Waals surface area contributed by atoms with E-state index in [9.17, 15) is 28.6 Å². The number of nitrogen functional groups attached to an aromatic ring is 1. The number of fused-ring (bicyclic) bond motifs is 1. The Bertz CT molecular complexity index is 2260. The maximum absolute atomic E-state index is 13.0. The fourth-order valence-corrected chi connectivity index (χ4v) is 9.81. The number of ketones is 1. The second-order valence-electron chi connectivity index (χ2n) is 20.8. The molecule has 2 heterocycles. The summed E-state index contributed by atoms with van der Waals surface area (Å²) in [5.41, 5.74) is 7.48. The summed E-state index contributed by atoms with van der Waals surface area (Å²) in [6.45, 7) is 4.28. The van der Waals surface area contributed by atoms with Crippen molar-refractivity contribution in [1.82, 2.24) is 19.5 Å². The Balaban J connectivity index is 1.37. The summed E-state index contributed by atoms with van der Waals surface area (Å²) in [6, 6.07) is 6.96. The zero-order chi connectivity index (χ0) is 57.0. The van der Waals surface area contributed by atoms with Crippen LogP contribution in [0.25, 0.3) is 11.2 Å². The molecule has 0 amide bonds. The number of imidazole rings is 1. The lowest BCUT2D eigenvalue weighted by Gasteiger charge is -2.20. The zero-order valence-corrected chi connectivity index (χ0v) is 49.5. The Labute approximate surface area is 472 Å². The summed E-state index contributed by atoms with van der Waals surface area (Å²) in [6.07, 6.45) is 41.4. The normalized spacial score (nSPS) is 12.9. The van der Waals surface area contributed by atoms with Gasteiger partial charge in [-0.2, -0.15) is 9.97 Å². The first-order valence-corrected chi connectivity index (χ1v) is 31.7. The lowest BCUT2D eigenvalue weighted by Crippen LogP contribution is -2.29. The van der Waals surface area contributed by atoms with Crippen LogP contribution in [-0.2, 0) is 44.0 Å². The summed E-state index contributed by atoms with van der Waals surface area (Å²) in [5, 5.41) is 0. The summed E-state index contributed by atoms with van der Waals surface area (Å²) in [7, 11) is -3.02. The van der Waals surface area contributed by atoms with Crippen LogP contribution >= 0.6 is 7.82 Å². The van der Waals surface area contributed by atoms with Crippen molar-refractivity contribution in [1.29, 1.82) is 0 Å². The number of aromatic amines is 1. The van der Waals surface area contributed by atoms with Gasteiger partial charge in [-0.25, -0.2) is 9.36 Å². The van der Waals surface area contributed by atoms with E-state index in [1.807, 2.05) is 0 Å². The lowest BCUT2D eigenvalue weighted by atomic mass is 10.0. The number of hydrogen-bond donors (Lipinski definition) is 3. The molecular formula is C61H100N5O12P. The van der Waals surface area contributed by atoms with Gasteiger partial charge in [-0.15, -0.1) is 0 Å². The number of aromatic nitrogens is 4. The molecule has 0 aliphatic rings. The number of H-pyrrole nitrogens is 1. The number of nitrogens with one attached hydrogen (secondary N) is 1. The van der Waals surface area contributed by atoms with Gasteiger partial charge in [0.25, 0.3) is 0 Å². The molecule has 1 aromatic carbocycles. The second-order valence-corrected chi connectivity index (χ2v) is 22.2. The number of carbonyl (C=O) groups is 3. The number of carbonyl (C=O) groups excluding carboxylic acids is 3. The number of Topliss-reactive ketones (excluding diaryl/α,β-unsaturated/α-hetero) is 1. The van der Waals surface area contributed by atoms with Crippen molar-refractivity contribution in [3.8, 4) is 6.01 Å². The quantitative estimate of drug-likeness (QED) is 0.0157. The molecule has 0 spiro atoms. The SMILES string of the molecule is CCCCCCCCC=CCCCCCCCC(=O)OC(COC(=O)CCCCCCCC=CCCCCCCCCC)COP(=O)(O)OCCCCCC(=O)c1ccc(Cn2c(=O)[nH]c3c(N)nc(OCCOC)nc32)cc1. The third-order valence-corrected chi connectivity index (χ3v) is 14.7. The molecular weight excluding hydrogens is 1030 g/mol. The van der Waals surface area contributed by atoms with Crippen molar-refractivity contribution in [2.24, 2.45) is 0 Å². The first-order chi connectivity index (χ1) is 38.5. The molecule has 3 rings (SSSR count). The molecule has 0 saturated heterocycles. The van der Waals surface area contributed by atoms with E-state index in [1.54, 1.807) is 31.4 Å². The molecule has 18 heteroatoms. The number of allylic oxidation sites excluding steroid dienone is 4. The van der Waals surface area contributed by atoms with E-state index in [0.29, 0.717) is 49.8 Å². The van der Waals surface area contributed by atoms with Gasteiger partial charge >= 0.3 is 31.5 Å². The smallest absolute Gasteiger partial charge is 0.462 e. The number of unbranched alkanes of at least 4 members (excludes halogenated alkanes) is 25. The molecule has 446 valence electrons. The predicted octanol–water partition coefficient (Wildman–Crippen LogP) is 14.6. The van der Waals surface area contributed by atoms with Crippen molar-refractivity contribution in [3.63, 3.8) is 0 Å². The fourth-order valence-electron chi connectivity index (χ4n) is 9.02. The monoisotopic (exact) mass is 1130 g/mol. The molecule has 0 fully saturated rings. The number of phosphoric acid groups is 1. The van der Waals surface area contributed by atoms with Crippen LogP contribution in [0, 0.1) is 0 Å². The highest BCUT2D eigenvalue weighted by molar-refractivity contribution is 7.47. The minimum Gasteiger partial charge on any atom is -0.462 e. The predicted molar refractivity (Wildman–Crippen MR) is 314 cm³/mol. The molecule has 0 bridgehead atoms. The number of phosphoric ester groups is 1. The number of nitrogens with zero attached hydrogens (tertiary/aromatic N) is 3. The topological polar surface area (TPSA) is 233 Å². The third-order valence-electron chi connectivity index (χ3n) is 13.8. The van der Waals surface area contributed by atoms with Crippen LogP contribution in [0.15, 0.2) is 53.4 Å². The van der Waals surface area contributed by atoms with Crippen LogP contribution in [0.2, 0.25) is 0 Å². The Morgan fingerprint density at radius 3 is 1.70 bits per heavy atom. The molecule has 4 N–H and O–H groups in total. The van der Waals surface area contributed by atoms with Gasteiger partial charge in [-0.1, -0.05) is 178 Å². The van der Waals surface area contributed by atoms with E-state index in [1.165, 1.54) is 88.0 Å². The molecule has 2 unspecified atom stereocenters. The lowest BCUT2D eigenvalue weighted by molar-refractivity contribution is -0.161. The van der Waals surface area contributed by atoms with Gasteiger partial charge in [0, 0.05) is 31.9 Å². The van der Waals surface area contributed by atoms with Crippen LogP contribution in [-0.4, -0.2) is 88.4 Å². The van der Waals surface area contributed by atoms with Gasteiger partial charge in [0.1, 0.15) is 18.7 Å². The number of methoxy groups -OCH3 is 1. The molecule has 17 nitrogen and oxygen atoms in total. The minimum absolute atomic E-state index is 0.0218. The van der Waals surface area contributed by atoms with Crippen LogP contribution in [0.5, 0.6) is 6.01 Å². The van der Waals surface area contributed by atoms with Gasteiger partial charge in [-0.05, 0) is 82.6 Å². The minimum atomic E-state index is -4.56. The highest BCUT2D eigenvalue weighted by atomic mass is 31.2. The molecule has 2 aromatic heterocycles. The van der Waals surface area contributed by atoms with Crippen molar-refractivity contribution < 1.29 is 51.8 Å². The molecule has 3 aromatic rings. The number of ether oxygens (including phenoxy) is 4. The summed E-state index contributed by atoms with van der Waals surface area (Å²) < 4.78 is 46.5. The molecule has 0 radical (unpaired) electrons. The highest BCUT2D eigenvalue weighted by Crippen LogP contribution is 2.43. The fraction of sp³-hybridized carbons (Fsp3) is 0.705. The average molecular weight is 1130 g/mol. The van der Waals surface area contributed by atoms with Gasteiger partial charge in [0.2, 0.25) is 0 Å². The van der Waals surface area contributed by atoms with Crippen molar-refractivity contribution in [2.45, 2.75) is 238 Å². The number of nitrogens with two attached hydrogens (primary N) is 1. The van der Waals surface area contributed by atoms with Gasteiger partial charge in [-0.3, -0.25) is 28.0 Å². The Morgan fingerprint density at radius 1 is 0.633 bits per heavy atom. The van der Waals surface area contributed by atoms with Crippen LogP contribution < -0.4 is 16.2 Å². The maximum atomic E-state index is 13.0. The van der Waals surface area contributed by atoms with E-state index in [0.717, 1.165) is 82.6 Å². The average Bonchev–Trinajstić information content (AvgIpc) is 3.97. The van der Waals surface area contributed by atoms with Crippen LogP contribution in [0.1, 0.15) is 242 Å². The number of esters is 2. The highest BCUT2D eigenvalue weighted by Gasteiger charge is 2.26. The van der Waals surface area contributed by atoms with E-state index in [-0.39, 0.29) is 68.9 Å². The Kier molecular flexibility index (Phi) is 38.2. The largest absolute Gasteiger partial charge is 0.472 e. The number of rotatable bonds is 51.